The second kappa shape index (κ2) is 6.55. The zero-order valence-corrected chi connectivity index (χ0v) is 12.8. The topological polar surface area (TPSA) is 98.5 Å². The number of hydrogen-bond donors (Lipinski definition) is 2. The van der Waals surface area contributed by atoms with Gasteiger partial charge in [-0.3, -0.25) is 4.79 Å². The molecule has 1 atom stereocenters. The van der Waals surface area contributed by atoms with E-state index < -0.39 is 10.0 Å². The Hall–Kier alpha value is -1.44. The van der Waals surface area contributed by atoms with Crippen molar-refractivity contribution in [1.82, 2.24) is 0 Å². The number of Topliss-reactive ketones (excluding diaryl/α,β-unsaturated/α-hetero) is 1. The van der Waals surface area contributed by atoms with Crippen molar-refractivity contribution in [1.29, 1.82) is 0 Å². The van der Waals surface area contributed by atoms with Gasteiger partial charge in [0.15, 0.2) is 5.78 Å². The minimum absolute atomic E-state index is 0.0143. The molecule has 1 aliphatic heterocycles. The molecule has 0 aromatic heterocycles. The van der Waals surface area contributed by atoms with Gasteiger partial charge in [0.05, 0.1) is 11.0 Å². The number of carbonyl (C=O) groups excluding carboxylic acids is 1. The van der Waals surface area contributed by atoms with Crippen LogP contribution in [-0.4, -0.2) is 33.5 Å². The van der Waals surface area contributed by atoms with Crippen molar-refractivity contribution in [3.8, 4) is 0 Å². The monoisotopic (exact) mass is 312 g/mol. The van der Waals surface area contributed by atoms with Crippen LogP contribution in [0.2, 0.25) is 0 Å². The molecular formula is C14H20N2O4S. The average molecular weight is 312 g/mol. The summed E-state index contributed by atoms with van der Waals surface area (Å²) < 4.78 is 28.4. The predicted octanol–water partition coefficient (Wildman–Crippen LogP) is 1.52. The molecule has 21 heavy (non-hydrogen) atoms. The number of ketones is 1. The minimum atomic E-state index is -3.79. The maximum atomic E-state index is 11.6. The second-order valence-electron chi connectivity index (χ2n) is 5.18. The molecular weight excluding hydrogens is 292 g/mol. The first-order valence-electron chi connectivity index (χ1n) is 6.91. The summed E-state index contributed by atoms with van der Waals surface area (Å²) in [6.45, 7) is 2.71. The Balaban J connectivity index is 2.20. The first kappa shape index (κ1) is 15.9. The van der Waals surface area contributed by atoms with Gasteiger partial charge in [-0.15, -0.1) is 0 Å². The number of primary sulfonamides is 1. The fourth-order valence-electron chi connectivity index (χ4n) is 2.35. The van der Waals surface area contributed by atoms with E-state index in [1.165, 1.54) is 25.1 Å². The fourth-order valence-corrected chi connectivity index (χ4v) is 2.89. The number of nitrogens with two attached hydrogens (primary N) is 1. The highest BCUT2D eigenvalue weighted by Crippen LogP contribution is 2.22. The molecule has 0 radical (unpaired) electrons. The van der Waals surface area contributed by atoms with Crippen molar-refractivity contribution in [3.63, 3.8) is 0 Å². The van der Waals surface area contributed by atoms with E-state index in [4.69, 9.17) is 9.88 Å². The Kier molecular flexibility index (Phi) is 4.97. The summed E-state index contributed by atoms with van der Waals surface area (Å²) in [6.07, 6.45) is 3.22. The molecule has 3 N–H and O–H groups in total. The Morgan fingerprint density at radius 3 is 2.76 bits per heavy atom. The summed E-state index contributed by atoms with van der Waals surface area (Å²) in [5.74, 6) is -0.136. The van der Waals surface area contributed by atoms with Crippen molar-refractivity contribution in [2.24, 2.45) is 5.14 Å². The fraction of sp³-hybridized carbons (Fsp3) is 0.500. The summed E-state index contributed by atoms with van der Waals surface area (Å²) >= 11 is 0. The zero-order chi connectivity index (χ0) is 15.5. The lowest BCUT2D eigenvalue weighted by Crippen LogP contribution is -2.27. The molecule has 7 heteroatoms. The lowest BCUT2D eigenvalue weighted by molar-refractivity contribution is 0.0247. The third kappa shape index (κ3) is 4.26. The van der Waals surface area contributed by atoms with E-state index >= 15 is 0 Å². The van der Waals surface area contributed by atoms with Gasteiger partial charge in [-0.2, -0.15) is 0 Å². The molecule has 1 aromatic carbocycles. The van der Waals surface area contributed by atoms with Gasteiger partial charge in [0.2, 0.25) is 10.0 Å². The number of hydrogen-bond acceptors (Lipinski definition) is 5. The lowest BCUT2D eigenvalue weighted by Gasteiger charge is -2.23. The van der Waals surface area contributed by atoms with Crippen LogP contribution in [0.4, 0.5) is 5.69 Å². The van der Waals surface area contributed by atoms with Gasteiger partial charge in [0, 0.05) is 24.4 Å². The average Bonchev–Trinajstić information content (AvgIpc) is 2.45. The van der Waals surface area contributed by atoms with Gasteiger partial charge in [-0.05, 0) is 44.4 Å². The molecule has 1 fully saturated rings. The predicted molar refractivity (Wildman–Crippen MR) is 79.9 cm³/mol. The number of benzene rings is 1. The summed E-state index contributed by atoms with van der Waals surface area (Å²) in [6, 6.07) is 4.22. The number of nitrogens with one attached hydrogen (secondary N) is 1. The molecule has 6 nitrogen and oxygen atoms in total. The number of carbonyl (C=O) groups is 1. The third-order valence-electron chi connectivity index (χ3n) is 3.49. The Morgan fingerprint density at radius 2 is 2.19 bits per heavy atom. The largest absolute Gasteiger partial charge is 0.382 e. The van der Waals surface area contributed by atoms with Gasteiger partial charge in [-0.25, -0.2) is 13.6 Å². The summed E-state index contributed by atoms with van der Waals surface area (Å²) in [5, 5.41) is 8.24. The van der Waals surface area contributed by atoms with Crippen LogP contribution in [0.5, 0.6) is 0 Å². The Bertz CT molecular complexity index is 622. The maximum absolute atomic E-state index is 11.6. The standard InChI is InChI=1S/C14H20N2O4S/c1-10(17)13-6-5-12(21(15,18)19)8-14(13)16-9-11-4-2-3-7-20-11/h5-6,8,11,16H,2-4,7,9H2,1H3,(H2,15,18,19). The molecule has 2 rings (SSSR count). The zero-order valence-electron chi connectivity index (χ0n) is 12.0. The van der Waals surface area contributed by atoms with E-state index in [1.54, 1.807) is 0 Å². The van der Waals surface area contributed by atoms with E-state index in [2.05, 4.69) is 5.32 Å². The molecule has 0 aliphatic carbocycles. The van der Waals surface area contributed by atoms with Crippen LogP contribution in [0.3, 0.4) is 0 Å². The first-order chi connectivity index (χ1) is 9.88. The third-order valence-corrected chi connectivity index (χ3v) is 4.40. The molecule has 0 saturated carbocycles. The molecule has 1 saturated heterocycles. The van der Waals surface area contributed by atoms with Gasteiger partial charge >= 0.3 is 0 Å². The van der Waals surface area contributed by atoms with Crippen LogP contribution >= 0.6 is 0 Å². The number of rotatable bonds is 5. The molecule has 0 bridgehead atoms. The van der Waals surface area contributed by atoms with Gasteiger partial charge in [0.25, 0.3) is 0 Å². The quantitative estimate of drug-likeness (QED) is 0.803. The van der Waals surface area contributed by atoms with Gasteiger partial charge < -0.3 is 10.1 Å². The van der Waals surface area contributed by atoms with Crippen molar-refractivity contribution in [2.45, 2.75) is 37.2 Å². The second-order valence-corrected chi connectivity index (χ2v) is 6.74. The number of anilines is 1. The van der Waals surface area contributed by atoms with Crippen LogP contribution in [-0.2, 0) is 14.8 Å². The van der Waals surface area contributed by atoms with Crippen LogP contribution in [0.15, 0.2) is 23.1 Å². The molecule has 0 spiro atoms. The SMILES string of the molecule is CC(=O)c1ccc(S(N)(=O)=O)cc1NCC1CCCCO1. The molecule has 1 aliphatic rings. The Labute approximate surface area is 124 Å². The molecule has 116 valence electrons. The van der Waals surface area contributed by atoms with Gasteiger partial charge in [-0.1, -0.05) is 0 Å². The molecule has 1 heterocycles. The highest BCUT2D eigenvalue weighted by molar-refractivity contribution is 7.89. The molecule has 0 amide bonds. The summed E-state index contributed by atoms with van der Waals surface area (Å²) in [7, 11) is -3.79. The highest BCUT2D eigenvalue weighted by atomic mass is 32.2. The van der Waals surface area contributed by atoms with Crippen LogP contribution in [0, 0.1) is 0 Å². The van der Waals surface area contributed by atoms with Crippen molar-refractivity contribution < 1.29 is 17.9 Å². The normalized spacial score (nSPS) is 19.2. The molecule has 1 unspecified atom stereocenters. The van der Waals surface area contributed by atoms with E-state index in [-0.39, 0.29) is 16.8 Å². The van der Waals surface area contributed by atoms with Crippen molar-refractivity contribution >= 4 is 21.5 Å². The molecule has 1 aromatic rings. The highest BCUT2D eigenvalue weighted by Gasteiger charge is 2.17. The van der Waals surface area contributed by atoms with E-state index in [9.17, 15) is 13.2 Å². The number of sulfonamides is 1. The van der Waals surface area contributed by atoms with E-state index in [0.29, 0.717) is 17.8 Å². The smallest absolute Gasteiger partial charge is 0.238 e. The van der Waals surface area contributed by atoms with Crippen LogP contribution in [0.1, 0.15) is 36.5 Å². The van der Waals surface area contributed by atoms with Crippen LogP contribution < -0.4 is 10.5 Å². The van der Waals surface area contributed by atoms with Crippen LogP contribution in [0.25, 0.3) is 0 Å². The summed E-state index contributed by atoms with van der Waals surface area (Å²) in [4.78, 5) is 11.6. The first-order valence-corrected chi connectivity index (χ1v) is 8.46. The minimum Gasteiger partial charge on any atom is -0.382 e. The van der Waals surface area contributed by atoms with E-state index in [0.717, 1.165) is 25.9 Å². The van der Waals surface area contributed by atoms with E-state index in [1.807, 2.05) is 0 Å². The Morgan fingerprint density at radius 1 is 1.43 bits per heavy atom. The summed E-state index contributed by atoms with van der Waals surface area (Å²) in [5.41, 5.74) is 0.918. The number of ether oxygens (including phenoxy) is 1. The lowest BCUT2D eigenvalue weighted by atomic mass is 10.1. The van der Waals surface area contributed by atoms with Crippen molar-refractivity contribution in [2.75, 3.05) is 18.5 Å². The maximum Gasteiger partial charge on any atom is 0.238 e. The van der Waals surface area contributed by atoms with Gasteiger partial charge in [0.1, 0.15) is 0 Å². The van der Waals surface area contributed by atoms with Crippen molar-refractivity contribution in [3.05, 3.63) is 23.8 Å².